The molecule has 0 amide bonds. The minimum absolute atomic E-state index is 0. The van der Waals surface area contributed by atoms with Crippen LogP contribution in [0.3, 0.4) is 0 Å². The van der Waals surface area contributed by atoms with Crippen molar-refractivity contribution in [2.75, 3.05) is 6.79 Å². The second-order valence-electron chi connectivity index (χ2n) is 6.34. The van der Waals surface area contributed by atoms with Gasteiger partial charge in [0.25, 0.3) is 0 Å². The highest BCUT2D eigenvalue weighted by molar-refractivity contribution is 5.95. The molecule has 1 aromatic heterocycles. The van der Waals surface area contributed by atoms with Crippen molar-refractivity contribution in [2.45, 2.75) is 31.6 Å². The Labute approximate surface area is 141 Å². The van der Waals surface area contributed by atoms with Gasteiger partial charge in [-0.25, -0.2) is 0 Å². The lowest BCUT2D eigenvalue weighted by molar-refractivity contribution is -0.120. The summed E-state index contributed by atoms with van der Waals surface area (Å²) in [6.07, 6.45) is 3.49. The van der Waals surface area contributed by atoms with Crippen molar-refractivity contribution in [2.24, 2.45) is 0 Å². The van der Waals surface area contributed by atoms with Crippen LogP contribution in [-0.4, -0.2) is 23.3 Å². The van der Waals surface area contributed by atoms with Crippen molar-refractivity contribution in [3.63, 3.8) is 0 Å². The van der Waals surface area contributed by atoms with E-state index in [4.69, 9.17) is 9.47 Å². The van der Waals surface area contributed by atoms with E-state index >= 15 is 0 Å². The van der Waals surface area contributed by atoms with Crippen LogP contribution < -0.4 is 9.47 Å². The maximum absolute atomic E-state index is 12.8. The highest BCUT2D eigenvalue weighted by atomic mass is 16.7. The van der Waals surface area contributed by atoms with Crippen LogP contribution in [-0.2, 0) is 16.6 Å². The number of carbonyl (C=O) groups is 2. The summed E-state index contributed by atoms with van der Waals surface area (Å²) in [6, 6.07) is 9.21. The Morgan fingerprint density at radius 3 is 2.62 bits per heavy atom. The van der Waals surface area contributed by atoms with Crippen LogP contribution in [0.4, 0.5) is 0 Å². The van der Waals surface area contributed by atoms with E-state index in [-0.39, 0.29) is 26.2 Å². The highest BCUT2D eigenvalue weighted by Gasteiger charge is 2.50. The Morgan fingerprint density at radius 2 is 1.96 bits per heavy atom. The van der Waals surface area contributed by atoms with E-state index < -0.39 is 5.41 Å². The van der Waals surface area contributed by atoms with Crippen LogP contribution >= 0.6 is 0 Å². The molecule has 0 spiro atoms. The third kappa shape index (κ3) is 2.46. The molecule has 2 heterocycles. The van der Waals surface area contributed by atoms with Gasteiger partial charge in [0.1, 0.15) is 5.78 Å². The molecule has 0 unspecified atom stereocenters. The average molecular weight is 325 g/mol. The molecule has 1 fully saturated rings. The first kappa shape index (κ1) is 14.9. The van der Waals surface area contributed by atoms with Crippen molar-refractivity contribution >= 4 is 11.6 Å². The summed E-state index contributed by atoms with van der Waals surface area (Å²) >= 11 is 0. The largest absolute Gasteiger partial charge is 0.454 e. The zero-order valence-electron chi connectivity index (χ0n) is 13.4. The second-order valence-corrected chi connectivity index (χ2v) is 6.34. The number of carbonyl (C=O) groups excluding carboxylic acids is 2. The van der Waals surface area contributed by atoms with Gasteiger partial charge in [-0.15, -0.1) is 0 Å². The smallest absolute Gasteiger partial charge is 0.231 e. The van der Waals surface area contributed by atoms with E-state index in [0.29, 0.717) is 17.0 Å². The lowest BCUT2D eigenvalue weighted by atomic mass is 9.88. The number of nitrogens with zero attached hydrogens (tertiary/aromatic N) is 1. The average Bonchev–Trinajstić information content (AvgIpc) is 3.27. The minimum Gasteiger partial charge on any atom is -0.454 e. The van der Waals surface area contributed by atoms with Crippen molar-refractivity contribution < 1.29 is 20.5 Å². The first-order valence-corrected chi connectivity index (χ1v) is 7.98. The normalized spacial score (nSPS) is 16.7. The molecular formula is C19H19NO4. The number of rotatable bonds is 5. The maximum atomic E-state index is 12.8. The third-order valence-corrected chi connectivity index (χ3v) is 4.78. The van der Waals surface area contributed by atoms with E-state index in [1.54, 1.807) is 12.1 Å². The van der Waals surface area contributed by atoms with Gasteiger partial charge in [-0.2, -0.15) is 0 Å². The molecule has 0 radical (unpaired) electrons. The van der Waals surface area contributed by atoms with Gasteiger partial charge in [-0.1, -0.05) is 6.07 Å². The Bertz CT molecular complexity index is 828. The fraction of sp³-hybridized carbons (Fsp3) is 0.316. The molecule has 5 nitrogen and oxygen atoms in total. The van der Waals surface area contributed by atoms with Crippen molar-refractivity contribution in [1.29, 1.82) is 0 Å². The molecular weight excluding hydrogens is 306 g/mol. The molecule has 0 bridgehead atoms. The molecule has 0 saturated heterocycles. The number of aromatic nitrogens is 1. The van der Waals surface area contributed by atoms with Crippen molar-refractivity contribution in [3.05, 3.63) is 53.3 Å². The molecule has 0 N–H and O–H groups in total. The van der Waals surface area contributed by atoms with Crippen LogP contribution in [0.25, 0.3) is 0 Å². The van der Waals surface area contributed by atoms with Crippen LogP contribution in [0, 0.1) is 0 Å². The van der Waals surface area contributed by atoms with E-state index in [1.165, 1.54) is 13.1 Å². The number of hydrogen-bond donors (Lipinski definition) is 0. The quantitative estimate of drug-likeness (QED) is 0.790. The van der Waals surface area contributed by atoms with E-state index in [2.05, 4.69) is 4.98 Å². The SMILES string of the molecule is CC(=O)c1ccc(CC(=O)C2(c3ccc4c(c3)OCO4)CC2)nc1.[HH]. The maximum Gasteiger partial charge on any atom is 0.231 e. The first-order valence-electron chi connectivity index (χ1n) is 7.98. The number of fused-ring (bicyclic) bond motifs is 1. The number of ether oxygens (including phenoxy) is 2. The van der Waals surface area contributed by atoms with Gasteiger partial charge >= 0.3 is 0 Å². The van der Waals surface area contributed by atoms with Gasteiger partial charge in [0.05, 0.1) is 5.41 Å². The first-order chi connectivity index (χ1) is 11.6. The van der Waals surface area contributed by atoms with Gasteiger partial charge in [0.15, 0.2) is 17.3 Å². The summed E-state index contributed by atoms with van der Waals surface area (Å²) in [5, 5.41) is 0. The van der Waals surface area contributed by atoms with Gasteiger partial charge in [0, 0.05) is 25.3 Å². The fourth-order valence-corrected chi connectivity index (χ4v) is 3.12. The molecule has 1 aliphatic heterocycles. The summed E-state index contributed by atoms with van der Waals surface area (Å²) in [5.41, 5.74) is 1.80. The molecule has 2 aromatic rings. The second kappa shape index (κ2) is 5.44. The third-order valence-electron chi connectivity index (χ3n) is 4.78. The molecule has 0 atom stereocenters. The van der Waals surface area contributed by atoms with Crippen LogP contribution in [0.2, 0.25) is 0 Å². The number of Topliss-reactive ketones (excluding diaryl/α,β-unsaturated/α-hetero) is 2. The molecule has 1 aliphatic carbocycles. The topological polar surface area (TPSA) is 65.5 Å². The molecule has 4 rings (SSSR count). The molecule has 24 heavy (non-hydrogen) atoms. The Morgan fingerprint density at radius 1 is 1.17 bits per heavy atom. The van der Waals surface area contributed by atoms with Gasteiger partial charge < -0.3 is 9.47 Å². The summed E-state index contributed by atoms with van der Waals surface area (Å²) in [7, 11) is 0. The monoisotopic (exact) mass is 325 g/mol. The minimum atomic E-state index is -0.429. The molecule has 2 aliphatic rings. The predicted octanol–water partition coefficient (Wildman–Crippen LogP) is 3.10. The predicted molar refractivity (Wildman–Crippen MR) is 88.5 cm³/mol. The summed E-state index contributed by atoms with van der Waals surface area (Å²) < 4.78 is 10.7. The Kier molecular flexibility index (Phi) is 3.37. The number of benzene rings is 1. The molecule has 5 heteroatoms. The lowest BCUT2D eigenvalue weighted by Crippen LogP contribution is -2.23. The lowest BCUT2D eigenvalue weighted by Gasteiger charge is -2.15. The number of pyridine rings is 1. The van der Waals surface area contributed by atoms with E-state index in [0.717, 1.165) is 24.2 Å². The van der Waals surface area contributed by atoms with Gasteiger partial charge in [-0.05, 0) is 49.6 Å². The van der Waals surface area contributed by atoms with Crippen LogP contribution in [0.1, 0.15) is 42.8 Å². The zero-order chi connectivity index (χ0) is 16.7. The van der Waals surface area contributed by atoms with E-state index in [1.807, 2.05) is 18.2 Å². The zero-order valence-corrected chi connectivity index (χ0v) is 13.4. The number of ketones is 2. The fourth-order valence-electron chi connectivity index (χ4n) is 3.12. The Balaban J connectivity index is 0.00000182. The van der Waals surface area contributed by atoms with Crippen LogP contribution in [0.5, 0.6) is 11.5 Å². The summed E-state index contributed by atoms with van der Waals surface area (Å²) in [4.78, 5) is 28.4. The summed E-state index contributed by atoms with van der Waals surface area (Å²) in [5.74, 6) is 1.56. The molecule has 1 saturated carbocycles. The van der Waals surface area contributed by atoms with Crippen molar-refractivity contribution in [1.82, 2.24) is 4.98 Å². The van der Waals surface area contributed by atoms with Crippen LogP contribution in [0.15, 0.2) is 36.5 Å². The standard InChI is InChI=1S/C19H17NO4.H2/c1-12(21)13-2-4-15(20-10-13)9-18(22)19(6-7-19)14-3-5-16-17(8-14)24-11-23-16;/h2-5,8,10H,6-7,9,11H2,1H3;1H. The van der Waals surface area contributed by atoms with Crippen molar-refractivity contribution in [3.8, 4) is 11.5 Å². The van der Waals surface area contributed by atoms with Gasteiger partial charge in [0.2, 0.25) is 6.79 Å². The van der Waals surface area contributed by atoms with E-state index in [9.17, 15) is 9.59 Å². The van der Waals surface area contributed by atoms with Gasteiger partial charge in [-0.3, -0.25) is 14.6 Å². The molecule has 1 aromatic carbocycles. The highest BCUT2D eigenvalue weighted by Crippen LogP contribution is 2.51. The summed E-state index contributed by atoms with van der Waals surface area (Å²) in [6.45, 7) is 1.73. The Hall–Kier alpha value is -2.69. The molecule has 124 valence electrons. The number of hydrogen-bond acceptors (Lipinski definition) is 5.